The van der Waals surface area contributed by atoms with Gasteiger partial charge in [-0.25, -0.2) is 8.78 Å². The van der Waals surface area contributed by atoms with Gasteiger partial charge in [0.05, 0.1) is 0 Å². The van der Waals surface area contributed by atoms with Crippen molar-refractivity contribution in [3.63, 3.8) is 0 Å². The van der Waals surface area contributed by atoms with Crippen LogP contribution in [0.5, 0.6) is 0 Å². The van der Waals surface area contributed by atoms with E-state index in [9.17, 15) is 23.2 Å². The normalized spacial score (nSPS) is 23.9. The summed E-state index contributed by atoms with van der Waals surface area (Å²) in [5.74, 6) is -2.97. The van der Waals surface area contributed by atoms with E-state index in [4.69, 9.17) is 0 Å². The summed E-state index contributed by atoms with van der Waals surface area (Å²) in [7, 11) is 4.64. The molecule has 2 amide bonds. The first-order chi connectivity index (χ1) is 10.1. The van der Waals surface area contributed by atoms with Crippen LogP contribution in [0.1, 0.15) is 17.5 Å². The van der Waals surface area contributed by atoms with Crippen LogP contribution in [0.4, 0.5) is 8.78 Å². The highest BCUT2D eigenvalue weighted by Gasteiger charge is 2.50. The van der Waals surface area contributed by atoms with Gasteiger partial charge in [-0.15, -0.1) is 0 Å². The van der Waals surface area contributed by atoms with Gasteiger partial charge in [0.1, 0.15) is 41.5 Å². The second-order valence-electron chi connectivity index (χ2n) is 6.48. The molecule has 2 rings (SSSR count). The van der Waals surface area contributed by atoms with Crippen molar-refractivity contribution in [3.8, 4) is 0 Å². The number of piperidine rings is 1. The molecule has 1 aromatic rings. The lowest BCUT2D eigenvalue weighted by molar-refractivity contribution is -0.136. The van der Waals surface area contributed by atoms with E-state index in [0.29, 0.717) is 6.29 Å². The molecule has 112 valence electrons. The van der Waals surface area contributed by atoms with E-state index in [1.54, 1.807) is 15.7 Å². The molecule has 0 aromatic heterocycles. The van der Waals surface area contributed by atoms with E-state index in [0.717, 1.165) is 12.1 Å². The highest BCUT2D eigenvalue weighted by Crippen LogP contribution is 2.41. The molecule has 1 aliphatic rings. The molecule has 22 heavy (non-hydrogen) atoms. The zero-order valence-corrected chi connectivity index (χ0v) is 12.6. The molecule has 0 aliphatic carbocycles. The highest BCUT2D eigenvalue weighted by molar-refractivity contribution is 6.53. The van der Waals surface area contributed by atoms with Crippen LogP contribution >= 0.6 is 0 Å². The number of hydrogen-bond donors (Lipinski definition) is 1. The third-order valence-corrected chi connectivity index (χ3v) is 4.11. The van der Waals surface area contributed by atoms with Gasteiger partial charge >= 0.3 is 0 Å². The molecule has 1 aromatic carbocycles. The first-order valence-corrected chi connectivity index (χ1v) is 6.90. The average molecular weight is 303 g/mol. The first-order valence-electron chi connectivity index (χ1n) is 6.90. The van der Waals surface area contributed by atoms with E-state index in [2.05, 4.69) is 5.32 Å². The maximum absolute atomic E-state index is 14.4. The zero-order valence-electron chi connectivity index (χ0n) is 12.6. The fraction of sp³-hybridized carbons (Fsp3) is 0.308. The standard InChI is InChI=1S/C13H14B3F2NO3/c14-12(5-13(15,16)11(22)19-10(12)21)9-7(17)3-6(1-2-20)4-8(9)18/h2-4H,1,5,14-16H2,(H,19,21,22). The molecule has 0 bridgehead atoms. The Morgan fingerprint density at radius 3 is 2.18 bits per heavy atom. The lowest BCUT2D eigenvalue weighted by Crippen LogP contribution is -2.59. The van der Waals surface area contributed by atoms with Crippen LogP contribution in [-0.2, 0) is 26.1 Å². The SMILES string of the molecule is BC1(B)CC(B)(c2c(F)cc(CC=O)cc2F)C(=O)NC1=O. The fourth-order valence-electron chi connectivity index (χ4n) is 3.02. The molecule has 1 unspecified atom stereocenters. The van der Waals surface area contributed by atoms with Crippen LogP contribution < -0.4 is 5.32 Å². The number of amides is 2. The van der Waals surface area contributed by atoms with Crippen molar-refractivity contribution in [3.05, 3.63) is 34.9 Å². The van der Waals surface area contributed by atoms with Crippen LogP contribution in [0.2, 0.25) is 5.21 Å². The number of aldehydes is 1. The van der Waals surface area contributed by atoms with Crippen molar-refractivity contribution in [2.75, 3.05) is 0 Å². The molecule has 4 nitrogen and oxygen atoms in total. The number of benzene rings is 1. The fourth-order valence-corrected chi connectivity index (χ4v) is 3.02. The van der Waals surface area contributed by atoms with Crippen LogP contribution in [-0.4, -0.2) is 41.6 Å². The molecular weight excluding hydrogens is 289 g/mol. The summed E-state index contributed by atoms with van der Waals surface area (Å²) in [6.07, 6.45) is 0.428. The van der Waals surface area contributed by atoms with Gasteiger partial charge in [-0.1, -0.05) is 0 Å². The van der Waals surface area contributed by atoms with Crippen molar-refractivity contribution in [2.45, 2.75) is 23.4 Å². The van der Waals surface area contributed by atoms with E-state index in [1.165, 1.54) is 7.85 Å². The topological polar surface area (TPSA) is 63.2 Å². The Bertz CT molecular complexity index is 657. The van der Waals surface area contributed by atoms with E-state index in [1.807, 2.05) is 0 Å². The maximum Gasteiger partial charge on any atom is 0.229 e. The number of hydrogen-bond acceptors (Lipinski definition) is 3. The van der Waals surface area contributed by atoms with E-state index in [-0.39, 0.29) is 24.0 Å². The predicted molar refractivity (Wildman–Crippen MR) is 83.9 cm³/mol. The van der Waals surface area contributed by atoms with Gasteiger partial charge in [-0.2, -0.15) is 0 Å². The van der Waals surface area contributed by atoms with E-state index >= 15 is 0 Å². The number of carbonyl (C=O) groups excluding carboxylic acids is 3. The molecular formula is C13H14B3F2NO3. The zero-order chi connectivity index (χ0) is 16.7. The highest BCUT2D eigenvalue weighted by atomic mass is 19.1. The molecule has 1 fully saturated rings. The van der Waals surface area contributed by atoms with Gasteiger partial charge in [0, 0.05) is 17.3 Å². The predicted octanol–water partition coefficient (Wildman–Crippen LogP) is -2.04. The van der Waals surface area contributed by atoms with Gasteiger partial charge in [0.15, 0.2) is 0 Å². The number of nitrogens with one attached hydrogen (secondary N) is 1. The van der Waals surface area contributed by atoms with Gasteiger partial charge < -0.3 is 4.79 Å². The Labute approximate surface area is 129 Å². The van der Waals surface area contributed by atoms with E-state index < -0.39 is 34.0 Å². The molecule has 1 saturated heterocycles. The van der Waals surface area contributed by atoms with Gasteiger partial charge in [-0.05, 0) is 29.3 Å². The lowest BCUT2D eigenvalue weighted by Gasteiger charge is -2.41. The second kappa shape index (κ2) is 5.37. The van der Waals surface area contributed by atoms with Gasteiger partial charge in [0.25, 0.3) is 0 Å². The summed E-state index contributed by atoms with van der Waals surface area (Å²) >= 11 is 0. The van der Waals surface area contributed by atoms with Crippen LogP contribution in [0.3, 0.4) is 0 Å². The average Bonchev–Trinajstić information content (AvgIpc) is 2.35. The van der Waals surface area contributed by atoms with Crippen molar-refractivity contribution in [1.82, 2.24) is 5.32 Å². The summed E-state index contributed by atoms with van der Waals surface area (Å²) < 4.78 is 28.7. The first kappa shape index (κ1) is 16.5. The summed E-state index contributed by atoms with van der Waals surface area (Å²) in [6.45, 7) is 0. The summed E-state index contributed by atoms with van der Waals surface area (Å²) in [4.78, 5) is 34.5. The van der Waals surface area contributed by atoms with Crippen molar-refractivity contribution < 1.29 is 23.2 Å². The Morgan fingerprint density at radius 1 is 1.14 bits per heavy atom. The summed E-state index contributed by atoms with van der Waals surface area (Å²) in [5.41, 5.74) is -0.177. The van der Waals surface area contributed by atoms with Gasteiger partial charge in [0.2, 0.25) is 11.8 Å². The molecule has 0 saturated carbocycles. The molecule has 1 N–H and O–H groups in total. The quantitative estimate of drug-likeness (QED) is 0.398. The van der Waals surface area contributed by atoms with Gasteiger partial charge in [-0.3, -0.25) is 14.9 Å². The Kier molecular flexibility index (Phi) is 4.02. The largest absolute Gasteiger partial charge is 0.303 e. The third kappa shape index (κ3) is 2.60. The minimum Gasteiger partial charge on any atom is -0.303 e. The maximum atomic E-state index is 14.4. The van der Waals surface area contributed by atoms with Crippen molar-refractivity contribution >= 4 is 41.6 Å². The van der Waals surface area contributed by atoms with Crippen LogP contribution in [0.15, 0.2) is 12.1 Å². The molecule has 1 aliphatic heterocycles. The smallest absolute Gasteiger partial charge is 0.229 e. The molecule has 1 heterocycles. The minimum absolute atomic E-state index is 0.00840. The Hall–Kier alpha value is -1.92. The molecule has 1 atom stereocenters. The minimum atomic E-state index is -1.49. The molecule has 9 heteroatoms. The van der Waals surface area contributed by atoms with Crippen LogP contribution in [0, 0.1) is 11.6 Å². The third-order valence-electron chi connectivity index (χ3n) is 4.11. The summed E-state index contributed by atoms with van der Waals surface area (Å²) in [5, 5.41) is -0.237. The monoisotopic (exact) mass is 303 g/mol. The number of halogens is 2. The summed E-state index contributed by atoms with van der Waals surface area (Å²) in [6, 6.07) is 2.10. The molecule has 0 spiro atoms. The molecule has 0 radical (unpaired) electrons. The number of carbonyl (C=O) groups is 3. The second-order valence-corrected chi connectivity index (χ2v) is 6.48. The van der Waals surface area contributed by atoms with Crippen molar-refractivity contribution in [2.24, 2.45) is 0 Å². The number of rotatable bonds is 3. The number of imide groups is 1. The van der Waals surface area contributed by atoms with Crippen LogP contribution in [0.25, 0.3) is 0 Å². The Balaban J connectivity index is 2.56. The van der Waals surface area contributed by atoms with Crippen molar-refractivity contribution in [1.29, 1.82) is 0 Å². The lowest BCUT2D eigenvalue weighted by atomic mass is 9.42. The Morgan fingerprint density at radius 2 is 1.68 bits per heavy atom.